The van der Waals surface area contributed by atoms with Gasteiger partial charge < -0.3 is 9.84 Å². The molecular weight excluding hydrogens is 479 g/mol. The highest BCUT2D eigenvalue weighted by Crippen LogP contribution is 2.44. The van der Waals surface area contributed by atoms with Crippen LogP contribution in [0.25, 0.3) is 16.0 Å². The normalized spacial score (nSPS) is 17.2. The average molecular weight is 503 g/mol. The van der Waals surface area contributed by atoms with Gasteiger partial charge >= 0.3 is 5.91 Å². The number of aryl methyl sites for hydroxylation is 1. The van der Waals surface area contributed by atoms with Crippen molar-refractivity contribution < 1.29 is 23.8 Å². The predicted molar refractivity (Wildman–Crippen MR) is 138 cm³/mol. The Morgan fingerprint density at radius 1 is 1.08 bits per heavy atom. The van der Waals surface area contributed by atoms with Crippen LogP contribution in [0.1, 0.15) is 36.1 Å². The van der Waals surface area contributed by atoms with E-state index in [1.807, 2.05) is 32.0 Å². The van der Waals surface area contributed by atoms with Gasteiger partial charge in [-0.2, -0.15) is 0 Å². The van der Waals surface area contributed by atoms with Gasteiger partial charge in [-0.25, -0.2) is 9.37 Å². The highest BCUT2D eigenvalue weighted by molar-refractivity contribution is 7.22. The quantitative estimate of drug-likeness (QED) is 0.194. The number of fused-ring (bicyclic) bond motifs is 1. The summed E-state index contributed by atoms with van der Waals surface area (Å²) >= 11 is 1.30. The molecule has 0 radical (unpaired) electrons. The van der Waals surface area contributed by atoms with Crippen molar-refractivity contribution in [3.63, 3.8) is 0 Å². The molecule has 1 aromatic heterocycles. The minimum atomic E-state index is -0.920. The SMILES string of the molecule is CCCOc1ccc([C@H]2C(=C(O)c3ccc(F)cc3)C(=O)C(=O)N2c2nc3ccc(C)cc3s2)cc1. The molecule has 0 unspecified atom stereocenters. The fourth-order valence-electron chi connectivity index (χ4n) is 4.20. The van der Waals surface area contributed by atoms with Crippen molar-refractivity contribution in [2.45, 2.75) is 26.3 Å². The number of hydrogen-bond acceptors (Lipinski definition) is 6. The highest BCUT2D eigenvalue weighted by atomic mass is 32.1. The van der Waals surface area contributed by atoms with Gasteiger partial charge in [-0.15, -0.1) is 0 Å². The van der Waals surface area contributed by atoms with Gasteiger partial charge in [-0.3, -0.25) is 14.5 Å². The molecule has 0 saturated carbocycles. The van der Waals surface area contributed by atoms with Gasteiger partial charge in [0.15, 0.2) is 5.13 Å². The molecule has 1 aliphatic heterocycles. The fraction of sp³-hybridized carbons (Fsp3) is 0.179. The number of anilines is 1. The zero-order chi connectivity index (χ0) is 25.4. The summed E-state index contributed by atoms with van der Waals surface area (Å²) in [6.45, 7) is 4.54. The molecule has 2 heterocycles. The average Bonchev–Trinajstić information content (AvgIpc) is 3.40. The van der Waals surface area contributed by atoms with Crippen molar-refractivity contribution in [3.8, 4) is 5.75 Å². The lowest BCUT2D eigenvalue weighted by molar-refractivity contribution is -0.132. The molecule has 3 aromatic carbocycles. The summed E-state index contributed by atoms with van der Waals surface area (Å²) in [7, 11) is 0. The first-order valence-corrected chi connectivity index (χ1v) is 12.4. The Morgan fingerprint density at radius 2 is 1.81 bits per heavy atom. The van der Waals surface area contributed by atoms with Gasteiger partial charge in [0.25, 0.3) is 5.78 Å². The van der Waals surface area contributed by atoms with E-state index in [-0.39, 0.29) is 16.9 Å². The van der Waals surface area contributed by atoms with E-state index in [0.29, 0.717) is 28.6 Å². The second-order valence-corrected chi connectivity index (χ2v) is 9.57. The minimum Gasteiger partial charge on any atom is -0.507 e. The molecule has 8 heteroatoms. The Bertz CT molecular complexity index is 1490. The molecule has 6 nitrogen and oxygen atoms in total. The van der Waals surface area contributed by atoms with Crippen molar-refractivity contribution in [2.24, 2.45) is 0 Å². The molecule has 1 amide bonds. The summed E-state index contributed by atoms with van der Waals surface area (Å²) < 4.78 is 20.1. The first kappa shape index (κ1) is 23.7. The third-order valence-electron chi connectivity index (χ3n) is 5.97. The molecule has 0 aliphatic carbocycles. The number of ether oxygens (including phenoxy) is 1. The van der Waals surface area contributed by atoms with E-state index >= 15 is 0 Å². The number of halogens is 1. The van der Waals surface area contributed by atoms with Gasteiger partial charge in [0, 0.05) is 5.56 Å². The van der Waals surface area contributed by atoms with Crippen molar-refractivity contribution in [2.75, 3.05) is 11.5 Å². The molecule has 0 spiro atoms. The summed E-state index contributed by atoms with van der Waals surface area (Å²) in [5.74, 6) is -1.80. The topological polar surface area (TPSA) is 79.7 Å². The summed E-state index contributed by atoms with van der Waals surface area (Å²) in [4.78, 5) is 32.6. The van der Waals surface area contributed by atoms with E-state index in [1.54, 1.807) is 24.3 Å². The maximum atomic E-state index is 13.5. The molecule has 182 valence electrons. The van der Waals surface area contributed by atoms with Crippen LogP contribution in [0.3, 0.4) is 0 Å². The number of amides is 1. The highest BCUT2D eigenvalue weighted by Gasteiger charge is 2.48. The molecule has 1 N–H and O–H groups in total. The second-order valence-electron chi connectivity index (χ2n) is 8.56. The van der Waals surface area contributed by atoms with Crippen LogP contribution in [0.15, 0.2) is 72.3 Å². The monoisotopic (exact) mass is 502 g/mol. The first-order chi connectivity index (χ1) is 17.4. The smallest absolute Gasteiger partial charge is 0.301 e. The first-order valence-electron chi connectivity index (χ1n) is 11.5. The largest absolute Gasteiger partial charge is 0.507 e. The third kappa shape index (κ3) is 4.24. The van der Waals surface area contributed by atoms with Crippen molar-refractivity contribution >= 4 is 44.1 Å². The number of ketones is 1. The van der Waals surface area contributed by atoms with Gasteiger partial charge in [0.05, 0.1) is 28.4 Å². The second kappa shape index (κ2) is 9.54. The Kier molecular flexibility index (Phi) is 6.28. The van der Waals surface area contributed by atoms with Crippen LogP contribution in [0, 0.1) is 12.7 Å². The fourth-order valence-corrected chi connectivity index (χ4v) is 5.29. The molecule has 1 aliphatic rings. The van der Waals surface area contributed by atoms with Crippen LogP contribution in [0.4, 0.5) is 9.52 Å². The number of Topliss-reactive ketones (excluding diaryl/α,β-unsaturated/α-hetero) is 1. The Balaban J connectivity index is 1.67. The molecular formula is C28H23FN2O4S. The van der Waals surface area contributed by atoms with Gasteiger partial charge in [0.1, 0.15) is 17.3 Å². The predicted octanol–water partition coefficient (Wildman–Crippen LogP) is 6.16. The molecule has 1 fully saturated rings. The summed E-state index contributed by atoms with van der Waals surface area (Å²) in [5.41, 5.74) is 2.53. The number of benzene rings is 3. The van der Waals surface area contributed by atoms with Crippen LogP contribution >= 0.6 is 11.3 Å². The van der Waals surface area contributed by atoms with E-state index < -0.39 is 23.5 Å². The molecule has 36 heavy (non-hydrogen) atoms. The van der Waals surface area contributed by atoms with Crippen LogP contribution in [-0.4, -0.2) is 28.4 Å². The van der Waals surface area contributed by atoms with E-state index in [2.05, 4.69) is 4.98 Å². The minimum absolute atomic E-state index is 0.0794. The van der Waals surface area contributed by atoms with Gasteiger partial charge in [-0.1, -0.05) is 36.5 Å². The molecule has 4 aromatic rings. The number of thiazole rings is 1. The van der Waals surface area contributed by atoms with Gasteiger partial charge in [-0.05, 0) is 73.0 Å². The number of nitrogens with zero attached hydrogens (tertiary/aromatic N) is 2. The molecule has 1 atom stereocenters. The number of rotatable bonds is 6. The number of hydrogen-bond donors (Lipinski definition) is 1. The standard InChI is InChI=1S/C28H23FN2O4S/c1-3-14-35-20-11-7-17(8-12-20)24-23(25(32)18-5-9-19(29)10-6-18)26(33)27(34)31(24)28-30-21-13-4-16(2)15-22(21)36-28/h4-13,15,24,32H,3,14H2,1-2H3/t24-/m0/s1. The molecule has 0 bridgehead atoms. The molecule has 5 rings (SSSR count). The summed E-state index contributed by atoms with van der Waals surface area (Å²) in [6, 6.07) is 17.1. The zero-order valence-electron chi connectivity index (χ0n) is 19.7. The van der Waals surface area contributed by atoms with Gasteiger partial charge in [0.2, 0.25) is 0 Å². The van der Waals surface area contributed by atoms with Crippen LogP contribution < -0.4 is 9.64 Å². The third-order valence-corrected chi connectivity index (χ3v) is 6.99. The lowest BCUT2D eigenvalue weighted by Gasteiger charge is -2.23. The molecule has 1 saturated heterocycles. The zero-order valence-corrected chi connectivity index (χ0v) is 20.5. The number of aromatic nitrogens is 1. The van der Waals surface area contributed by atoms with E-state index in [1.165, 1.54) is 40.5 Å². The number of aliphatic hydroxyl groups is 1. The lowest BCUT2D eigenvalue weighted by Crippen LogP contribution is -2.29. The van der Waals surface area contributed by atoms with E-state index in [9.17, 15) is 19.1 Å². The maximum absolute atomic E-state index is 13.5. The van der Waals surface area contributed by atoms with E-state index in [4.69, 9.17) is 4.74 Å². The summed E-state index contributed by atoms with van der Waals surface area (Å²) in [5, 5.41) is 11.5. The van der Waals surface area contributed by atoms with E-state index in [0.717, 1.165) is 16.7 Å². The number of aliphatic hydroxyl groups excluding tert-OH is 1. The number of carbonyl (C=O) groups excluding carboxylic acids is 2. The van der Waals surface area contributed by atoms with Crippen molar-refractivity contribution in [1.82, 2.24) is 4.98 Å². The van der Waals surface area contributed by atoms with Crippen LogP contribution in [-0.2, 0) is 9.59 Å². The van der Waals surface area contributed by atoms with Crippen LogP contribution in [0.5, 0.6) is 5.75 Å². The number of carbonyl (C=O) groups is 2. The van der Waals surface area contributed by atoms with Crippen molar-refractivity contribution in [3.05, 3.63) is 94.8 Å². The summed E-state index contributed by atoms with van der Waals surface area (Å²) in [6.07, 6.45) is 0.858. The maximum Gasteiger partial charge on any atom is 0.301 e. The van der Waals surface area contributed by atoms with Crippen LogP contribution in [0.2, 0.25) is 0 Å². The Morgan fingerprint density at radius 3 is 2.50 bits per heavy atom. The Labute approximate surface area is 211 Å². The lowest BCUT2D eigenvalue weighted by atomic mass is 9.95. The van der Waals surface area contributed by atoms with Crippen molar-refractivity contribution in [1.29, 1.82) is 0 Å². The Hall–Kier alpha value is -4.04.